The molecule has 0 radical (unpaired) electrons. The van der Waals surface area contributed by atoms with Gasteiger partial charge in [0.25, 0.3) is 0 Å². The average Bonchev–Trinajstić information content (AvgIpc) is 2.65. The lowest BCUT2D eigenvalue weighted by Gasteiger charge is -2.35. The molecule has 1 aliphatic carbocycles. The summed E-state index contributed by atoms with van der Waals surface area (Å²) in [4.78, 5) is 23.4. The van der Waals surface area contributed by atoms with E-state index in [1.54, 1.807) is 6.07 Å². The lowest BCUT2D eigenvalue weighted by atomic mass is 9.71. The third-order valence-electron chi connectivity index (χ3n) is 4.86. The number of ether oxygens (including phenoxy) is 2. The van der Waals surface area contributed by atoms with Gasteiger partial charge in [-0.1, -0.05) is 31.4 Å². The van der Waals surface area contributed by atoms with Crippen LogP contribution in [0.4, 0.5) is 0 Å². The Bertz CT molecular complexity index is 589. The number of halogens is 1. The number of hydrogen-bond acceptors (Lipinski definition) is 5. The number of nitrogens with one attached hydrogen (secondary N) is 1. The van der Waals surface area contributed by atoms with Crippen LogP contribution in [0, 0.1) is 5.41 Å². The van der Waals surface area contributed by atoms with Crippen LogP contribution in [0.5, 0.6) is 5.75 Å². The van der Waals surface area contributed by atoms with Crippen molar-refractivity contribution in [2.75, 3.05) is 20.3 Å². The van der Waals surface area contributed by atoms with Crippen LogP contribution in [-0.4, -0.2) is 32.1 Å². The molecule has 7 heteroatoms. The molecule has 0 spiro atoms. The molecule has 0 aromatic heterocycles. The van der Waals surface area contributed by atoms with E-state index in [-0.39, 0.29) is 30.3 Å². The smallest absolute Gasteiger partial charge is 0.343 e. The first-order valence-corrected chi connectivity index (χ1v) is 8.82. The molecule has 1 aromatic rings. The van der Waals surface area contributed by atoms with Crippen molar-refractivity contribution >= 4 is 24.3 Å². The van der Waals surface area contributed by atoms with E-state index in [4.69, 9.17) is 10.5 Å². The molecule has 1 fully saturated rings. The molecule has 0 saturated heterocycles. The van der Waals surface area contributed by atoms with Gasteiger partial charge < -0.3 is 20.5 Å². The molecule has 0 unspecified atom stereocenters. The van der Waals surface area contributed by atoms with Crippen LogP contribution in [0.25, 0.3) is 0 Å². The molecule has 0 atom stereocenters. The highest BCUT2D eigenvalue weighted by Gasteiger charge is 2.32. The number of methoxy groups -OCH3 is 1. The molecule has 0 aliphatic heterocycles. The molecule has 0 bridgehead atoms. The number of esters is 1. The van der Waals surface area contributed by atoms with Gasteiger partial charge in [-0.2, -0.15) is 0 Å². The van der Waals surface area contributed by atoms with Gasteiger partial charge in [0.2, 0.25) is 5.91 Å². The van der Waals surface area contributed by atoms with E-state index in [2.05, 4.69) is 10.1 Å². The third-order valence-corrected chi connectivity index (χ3v) is 4.86. The van der Waals surface area contributed by atoms with Crippen molar-refractivity contribution in [2.45, 2.75) is 45.1 Å². The minimum Gasteiger partial charge on any atom is -0.482 e. The van der Waals surface area contributed by atoms with Crippen molar-refractivity contribution in [3.05, 3.63) is 29.8 Å². The maximum Gasteiger partial charge on any atom is 0.343 e. The van der Waals surface area contributed by atoms with Gasteiger partial charge in [-0.3, -0.25) is 4.79 Å². The zero-order valence-corrected chi connectivity index (χ0v) is 16.1. The molecule has 1 aliphatic rings. The Balaban J connectivity index is 0.00000338. The zero-order valence-electron chi connectivity index (χ0n) is 15.3. The first kappa shape index (κ1) is 22.3. The van der Waals surface area contributed by atoms with Crippen molar-refractivity contribution in [1.29, 1.82) is 0 Å². The maximum absolute atomic E-state index is 12.3. The van der Waals surface area contributed by atoms with Crippen LogP contribution in [0.15, 0.2) is 24.3 Å². The average molecular weight is 385 g/mol. The Morgan fingerprint density at radius 1 is 1.23 bits per heavy atom. The highest BCUT2D eigenvalue weighted by Crippen LogP contribution is 2.38. The number of amides is 1. The van der Waals surface area contributed by atoms with E-state index >= 15 is 0 Å². The van der Waals surface area contributed by atoms with Crippen molar-refractivity contribution in [1.82, 2.24) is 5.32 Å². The molecular weight excluding hydrogens is 356 g/mol. The summed E-state index contributed by atoms with van der Waals surface area (Å²) in [7, 11) is 1.32. The monoisotopic (exact) mass is 384 g/mol. The predicted molar refractivity (Wildman–Crippen MR) is 102 cm³/mol. The molecule has 1 amide bonds. The Labute approximate surface area is 161 Å². The lowest BCUT2D eigenvalue weighted by Crippen LogP contribution is -2.38. The number of nitrogens with two attached hydrogens (primary N) is 1. The Kier molecular flexibility index (Phi) is 9.44. The van der Waals surface area contributed by atoms with Gasteiger partial charge in [-0.15, -0.1) is 12.4 Å². The second kappa shape index (κ2) is 11.0. The molecular formula is C19H29ClN2O4. The van der Waals surface area contributed by atoms with Crippen LogP contribution < -0.4 is 15.8 Å². The lowest BCUT2D eigenvalue weighted by molar-refractivity contribution is -0.142. The highest BCUT2D eigenvalue weighted by molar-refractivity contribution is 5.85. The fourth-order valence-electron chi connectivity index (χ4n) is 3.31. The summed E-state index contributed by atoms with van der Waals surface area (Å²) in [6.45, 7) is 0.859. The van der Waals surface area contributed by atoms with Gasteiger partial charge in [0.1, 0.15) is 5.75 Å². The van der Waals surface area contributed by atoms with Gasteiger partial charge in [-0.25, -0.2) is 4.79 Å². The summed E-state index contributed by atoms with van der Waals surface area (Å²) in [5, 5.41) is 2.97. The van der Waals surface area contributed by atoms with Gasteiger partial charge in [0, 0.05) is 13.0 Å². The van der Waals surface area contributed by atoms with E-state index in [9.17, 15) is 9.59 Å². The number of carbonyl (C=O) groups is 2. The molecule has 26 heavy (non-hydrogen) atoms. The maximum atomic E-state index is 12.3. The highest BCUT2D eigenvalue weighted by atomic mass is 35.5. The van der Waals surface area contributed by atoms with Crippen molar-refractivity contribution < 1.29 is 19.1 Å². The van der Waals surface area contributed by atoms with Gasteiger partial charge >= 0.3 is 5.97 Å². The van der Waals surface area contributed by atoms with Crippen LogP contribution in [0.3, 0.4) is 0 Å². The number of hydrogen-bond donors (Lipinski definition) is 2. The predicted octanol–water partition coefficient (Wildman–Crippen LogP) is 2.58. The summed E-state index contributed by atoms with van der Waals surface area (Å²) in [5.74, 6) is 0.175. The largest absolute Gasteiger partial charge is 0.482 e. The zero-order chi connectivity index (χ0) is 18.1. The van der Waals surface area contributed by atoms with Gasteiger partial charge in [0.05, 0.1) is 7.11 Å². The topological polar surface area (TPSA) is 90.6 Å². The van der Waals surface area contributed by atoms with Crippen LogP contribution in [0.1, 0.15) is 44.1 Å². The fourth-order valence-corrected chi connectivity index (χ4v) is 3.31. The normalized spacial score (nSPS) is 15.5. The molecule has 2 rings (SSSR count). The molecule has 0 heterocycles. The summed E-state index contributed by atoms with van der Waals surface area (Å²) >= 11 is 0. The molecule has 6 nitrogen and oxygen atoms in total. The quantitative estimate of drug-likeness (QED) is 0.672. The summed E-state index contributed by atoms with van der Waals surface area (Å²) in [6, 6.07) is 7.31. The summed E-state index contributed by atoms with van der Waals surface area (Å²) < 4.78 is 9.90. The van der Waals surface area contributed by atoms with Crippen molar-refractivity contribution in [3.63, 3.8) is 0 Å². The minimum atomic E-state index is -0.432. The Hall–Kier alpha value is -1.79. The second-order valence-electron chi connectivity index (χ2n) is 6.73. The van der Waals surface area contributed by atoms with E-state index in [0.29, 0.717) is 25.3 Å². The second-order valence-corrected chi connectivity index (χ2v) is 6.73. The number of rotatable bonds is 8. The van der Waals surface area contributed by atoms with Crippen molar-refractivity contribution in [2.24, 2.45) is 11.1 Å². The Morgan fingerprint density at radius 2 is 1.96 bits per heavy atom. The first-order chi connectivity index (χ1) is 12.1. The molecule has 3 N–H and O–H groups in total. The number of benzene rings is 1. The van der Waals surface area contributed by atoms with Gasteiger partial charge in [-0.05, 0) is 42.5 Å². The standard InChI is InChI=1S/C19H28N2O4.ClH/c1-24-18(23)13-25-16-7-5-6-15(10-16)12-21-17(22)11-19(14-20)8-3-2-4-9-19;/h5-7,10H,2-4,8-9,11-14,20H2,1H3,(H,21,22);1H. The first-order valence-electron chi connectivity index (χ1n) is 8.82. The van der Waals surface area contributed by atoms with Crippen molar-refractivity contribution in [3.8, 4) is 5.75 Å². The SMILES string of the molecule is COC(=O)COc1cccc(CNC(=O)CC2(CN)CCCCC2)c1.Cl. The van der Waals surface area contributed by atoms with Gasteiger partial charge in [0.15, 0.2) is 6.61 Å². The molecule has 146 valence electrons. The number of carbonyl (C=O) groups excluding carboxylic acids is 2. The Morgan fingerprint density at radius 3 is 2.62 bits per heavy atom. The molecule has 1 saturated carbocycles. The van der Waals surface area contributed by atoms with E-state index in [1.807, 2.05) is 18.2 Å². The van der Waals surface area contributed by atoms with E-state index < -0.39 is 5.97 Å². The summed E-state index contributed by atoms with van der Waals surface area (Å²) in [6.07, 6.45) is 6.11. The van der Waals surface area contributed by atoms with E-state index in [0.717, 1.165) is 31.2 Å². The van der Waals surface area contributed by atoms with Crippen LogP contribution >= 0.6 is 12.4 Å². The van der Waals surface area contributed by atoms with Crippen LogP contribution in [0.2, 0.25) is 0 Å². The van der Waals surface area contributed by atoms with Crippen LogP contribution in [-0.2, 0) is 20.9 Å². The minimum absolute atomic E-state index is 0. The third kappa shape index (κ3) is 6.84. The summed E-state index contributed by atoms with van der Waals surface area (Å²) in [5.41, 5.74) is 6.83. The fraction of sp³-hybridized carbons (Fsp3) is 0.579. The molecule has 1 aromatic carbocycles. The van der Waals surface area contributed by atoms with E-state index in [1.165, 1.54) is 13.5 Å².